The van der Waals surface area contributed by atoms with Gasteiger partial charge < -0.3 is 0 Å². The lowest BCUT2D eigenvalue weighted by molar-refractivity contribution is -0.338. The van der Waals surface area contributed by atoms with Crippen LogP contribution in [0.15, 0.2) is 0 Å². The van der Waals surface area contributed by atoms with Crippen molar-refractivity contribution in [2.24, 2.45) is 0 Å². The van der Waals surface area contributed by atoms with Crippen LogP contribution in [0, 0.1) is 0 Å². The lowest BCUT2D eigenvalue weighted by Gasteiger charge is -2.45. The van der Waals surface area contributed by atoms with Crippen molar-refractivity contribution in [2.75, 3.05) is 13.6 Å². The fourth-order valence-corrected chi connectivity index (χ4v) is 2.00. The lowest BCUT2D eigenvalue weighted by atomic mass is 10.0. The molecule has 0 aromatic rings. The molecule has 1 aliphatic heterocycles. The summed E-state index contributed by atoms with van der Waals surface area (Å²) in [7, 11) is 2.00. The number of rotatable bonds is 0. The molecule has 0 aromatic carbocycles. The summed E-state index contributed by atoms with van der Waals surface area (Å²) < 4.78 is 0. The molecule has 2 rings (SSSR count). The first kappa shape index (κ1) is 5.69. The van der Waals surface area contributed by atoms with Gasteiger partial charge in [-0.05, 0) is 12.8 Å². The molecule has 2 aliphatic rings. The van der Waals surface area contributed by atoms with E-state index in [1.165, 1.54) is 25.7 Å². The third kappa shape index (κ3) is 0.775. The van der Waals surface area contributed by atoms with Crippen molar-refractivity contribution in [1.82, 2.24) is 5.06 Å². The summed E-state index contributed by atoms with van der Waals surface area (Å²) in [6.07, 6.45) is 5.32. The standard InChI is InChI=1S/C7H13NO/c1-8-6-7(9-8)4-2-3-5-7/h2-6H2,1H3. The molecule has 0 unspecified atom stereocenters. The van der Waals surface area contributed by atoms with Gasteiger partial charge >= 0.3 is 0 Å². The molecule has 0 amide bonds. The van der Waals surface area contributed by atoms with Crippen molar-refractivity contribution in [3.63, 3.8) is 0 Å². The van der Waals surface area contributed by atoms with Gasteiger partial charge in [0.05, 0.1) is 6.54 Å². The smallest absolute Gasteiger partial charge is 0.105 e. The summed E-state index contributed by atoms with van der Waals surface area (Å²) in [5.41, 5.74) is 0.314. The molecular formula is C7H13NO. The molecule has 2 nitrogen and oxygen atoms in total. The number of hydrogen-bond acceptors (Lipinski definition) is 2. The van der Waals surface area contributed by atoms with Crippen molar-refractivity contribution in [3.05, 3.63) is 0 Å². The highest BCUT2D eigenvalue weighted by atomic mass is 16.7. The Morgan fingerprint density at radius 3 is 2.33 bits per heavy atom. The SMILES string of the molecule is CN1CC2(CCCC2)O1. The Bertz CT molecular complexity index is 110. The maximum Gasteiger partial charge on any atom is 0.105 e. The van der Waals surface area contributed by atoms with E-state index in [0.717, 1.165) is 6.54 Å². The van der Waals surface area contributed by atoms with E-state index in [4.69, 9.17) is 4.84 Å². The average molecular weight is 127 g/mol. The maximum absolute atomic E-state index is 5.52. The number of hydrogen-bond donors (Lipinski definition) is 0. The highest BCUT2D eigenvalue weighted by molar-refractivity contribution is 4.92. The molecule has 1 saturated carbocycles. The molecule has 0 aromatic heterocycles. The third-order valence-electron chi connectivity index (χ3n) is 2.38. The van der Waals surface area contributed by atoms with E-state index in [0.29, 0.717) is 5.60 Å². The summed E-state index contributed by atoms with van der Waals surface area (Å²) in [6, 6.07) is 0. The Hall–Kier alpha value is -0.0800. The highest BCUT2D eigenvalue weighted by Gasteiger charge is 2.44. The van der Waals surface area contributed by atoms with Gasteiger partial charge in [0.1, 0.15) is 5.60 Å². The molecule has 1 saturated heterocycles. The lowest BCUT2D eigenvalue weighted by Crippen LogP contribution is -2.55. The molecule has 2 fully saturated rings. The zero-order valence-corrected chi connectivity index (χ0v) is 5.89. The van der Waals surface area contributed by atoms with E-state index in [9.17, 15) is 0 Å². The minimum Gasteiger partial charge on any atom is -0.291 e. The molecule has 1 spiro atoms. The van der Waals surface area contributed by atoms with Crippen LogP contribution >= 0.6 is 0 Å². The van der Waals surface area contributed by atoms with E-state index >= 15 is 0 Å². The van der Waals surface area contributed by atoms with Crippen molar-refractivity contribution >= 4 is 0 Å². The fraction of sp³-hybridized carbons (Fsp3) is 1.00. The van der Waals surface area contributed by atoms with Crippen LogP contribution in [0.5, 0.6) is 0 Å². The Balaban J connectivity index is 1.95. The summed E-state index contributed by atoms with van der Waals surface area (Å²) >= 11 is 0. The second-order valence-corrected chi connectivity index (χ2v) is 3.27. The van der Waals surface area contributed by atoms with E-state index in [2.05, 4.69) is 0 Å². The topological polar surface area (TPSA) is 12.5 Å². The van der Waals surface area contributed by atoms with Gasteiger partial charge in [-0.2, -0.15) is 5.06 Å². The summed E-state index contributed by atoms with van der Waals surface area (Å²) in [5, 5.41) is 1.94. The Morgan fingerprint density at radius 1 is 1.33 bits per heavy atom. The van der Waals surface area contributed by atoms with Gasteiger partial charge in [-0.3, -0.25) is 4.84 Å². The molecule has 2 heteroatoms. The summed E-state index contributed by atoms with van der Waals surface area (Å²) in [5.74, 6) is 0. The highest BCUT2D eigenvalue weighted by Crippen LogP contribution is 2.39. The average Bonchev–Trinajstić information content (AvgIpc) is 2.12. The Labute approximate surface area is 55.7 Å². The van der Waals surface area contributed by atoms with E-state index in [-0.39, 0.29) is 0 Å². The van der Waals surface area contributed by atoms with Crippen LogP contribution in [0.3, 0.4) is 0 Å². The van der Waals surface area contributed by atoms with Crippen molar-refractivity contribution < 1.29 is 4.84 Å². The van der Waals surface area contributed by atoms with Crippen LogP contribution in [0.4, 0.5) is 0 Å². The molecule has 1 aliphatic carbocycles. The fourth-order valence-electron chi connectivity index (χ4n) is 2.00. The third-order valence-corrected chi connectivity index (χ3v) is 2.38. The van der Waals surface area contributed by atoms with E-state index in [1.54, 1.807) is 0 Å². The minimum atomic E-state index is 0.314. The first-order chi connectivity index (χ1) is 4.31. The van der Waals surface area contributed by atoms with Gasteiger partial charge in [-0.15, -0.1) is 0 Å². The number of hydroxylamine groups is 2. The molecule has 52 valence electrons. The normalized spacial score (nSPS) is 33.0. The largest absolute Gasteiger partial charge is 0.291 e. The molecular weight excluding hydrogens is 114 g/mol. The van der Waals surface area contributed by atoms with E-state index in [1.807, 2.05) is 12.1 Å². The Morgan fingerprint density at radius 2 is 1.89 bits per heavy atom. The van der Waals surface area contributed by atoms with E-state index < -0.39 is 0 Å². The zero-order chi connectivity index (χ0) is 6.32. The zero-order valence-electron chi connectivity index (χ0n) is 5.89. The number of likely N-dealkylation sites (N-methyl/N-ethyl adjacent to an activating group) is 1. The predicted octanol–water partition coefficient (Wildman–Crippen LogP) is 1.18. The second kappa shape index (κ2) is 1.70. The van der Waals surface area contributed by atoms with Gasteiger partial charge in [-0.1, -0.05) is 12.8 Å². The first-order valence-corrected chi connectivity index (χ1v) is 3.71. The predicted molar refractivity (Wildman–Crippen MR) is 34.9 cm³/mol. The first-order valence-electron chi connectivity index (χ1n) is 3.71. The second-order valence-electron chi connectivity index (χ2n) is 3.27. The van der Waals surface area contributed by atoms with Crippen molar-refractivity contribution in [3.8, 4) is 0 Å². The Kier molecular flexibility index (Phi) is 1.08. The van der Waals surface area contributed by atoms with Crippen LogP contribution in [-0.2, 0) is 4.84 Å². The van der Waals surface area contributed by atoms with Gasteiger partial charge in [0.15, 0.2) is 0 Å². The van der Waals surface area contributed by atoms with Crippen LogP contribution in [0.1, 0.15) is 25.7 Å². The van der Waals surface area contributed by atoms with Gasteiger partial charge in [-0.25, -0.2) is 0 Å². The van der Waals surface area contributed by atoms with Gasteiger partial charge in [0.2, 0.25) is 0 Å². The molecule has 0 atom stereocenters. The van der Waals surface area contributed by atoms with Gasteiger partial charge in [0, 0.05) is 7.05 Å². The van der Waals surface area contributed by atoms with Crippen LogP contribution in [-0.4, -0.2) is 24.3 Å². The molecule has 9 heavy (non-hydrogen) atoms. The molecule has 0 bridgehead atoms. The molecule has 1 heterocycles. The van der Waals surface area contributed by atoms with Crippen LogP contribution in [0.2, 0.25) is 0 Å². The van der Waals surface area contributed by atoms with Crippen LogP contribution in [0.25, 0.3) is 0 Å². The summed E-state index contributed by atoms with van der Waals surface area (Å²) in [4.78, 5) is 5.52. The summed E-state index contributed by atoms with van der Waals surface area (Å²) in [6.45, 7) is 1.16. The van der Waals surface area contributed by atoms with Gasteiger partial charge in [0.25, 0.3) is 0 Å². The molecule has 0 radical (unpaired) electrons. The van der Waals surface area contributed by atoms with Crippen molar-refractivity contribution in [2.45, 2.75) is 31.3 Å². The minimum absolute atomic E-state index is 0.314. The maximum atomic E-state index is 5.52. The molecule has 0 N–H and O–H groups in total. The monoisotopic (exact) mass is 127 g/mol. The number of nitrogens with zero attached hydrogens (tertiary/aromatic N) is 1. The van der Waals surface area contributed by atoms with Crippen molar-refractivity contribution in [1.29, 1.82) is 0 Å². The van der Waals surface area contributed by atoms with Crippen LogP contribution < -0.4 is 0 Å². The quantitative estimate of drug-likeness (QED) is 0.484.